The molecule has 1 aromatic rings. The number of carbonyl (C=O) groups excluding carboxylic acids is 1. The molecule has 1 heterocycles. The maximum Gasteiger partial charge on any atom is 0.251 e. The van der Waals surface area contributed by atoms with Crippen LogP contribution in [-0.4, -0.2) is 48.1 Å². The predicted octanol–water partition coefficient (Wildman–Crippen LogP) is 1.14. The van der Waals surface area contributed by atoms with Crippen LogP contribution in [0.3, 0.4) is 0 Å². The molecule has 7 nitrogen and oxygen atoms in total. The van der Waals surface area contributed by atoms with Gasteiger partial charge in [0, 0.05) is 12.1 Å². The largest absolute Gasteiger partial charge is 0.495 e. The van der Waals surface area contributed by atoms with Crippen molar-refractivity contribution >= 4 is 28.3 Å². The number of halogens is 1. The second-order valence-electron chi connectivity index (χ2n) is 5.83. The van der Waals surface area contributed by atoms with Crippen LogP contribution in [0.15, 0.2) is 23.1 Å². The number of methoxy groups -OCH3 is 1. The summed E-state index contributed by atoms with van der Waals surface area (Å²) < 4.78 is 31.4. The van der Waals surface area contributed by atoms with Gasteiger partial charge in [-0.2, -0.15) is 0 Å². The van der Waals surface area contributed by atoms with Crippen molar-refractivity contribution < 1.29 is 17.9 Å². The Morgan fingerprint density at radius 2 is 2.16 bits per heavy atom. The van der Waals surface area contributed by atoms with E-state index in [1.54, 1.807) is 6.07 Å². The molecule has 1 saturated heterocycles. The summed E-state index contributed by atoms with van der Waals surface area (Å²) in [6.07, 6.45) is 3.26. The minimum Gasteiger partial charge on any atom is -0.495 e. The molecule has 2 rings (SSSR count). The molecular formula is C16H26ClN3O4S. The molecule has 9 heteroatoms. The Hall–Kier alpha value is -1.35. The second kappa shape index (κ2) is 9.96. The molecule has 1 unspecified atom stereocenters. The Morgan fingerprint density at radius 1 is 1.40 bits per heavy atom. The molecule has 3 N–H and O–H groups in total. The van der Waals surface area contributed by atoms with E-state index in [1.165, 1.54) is 39.1 Å². The molecule has 0 aliphatic carbocycles. The van der Waals surface area contributed by atoms with E-state index in [0.29, 0.717) is 18.0 Å². The monoisotopic (exact) mass is 391 g/mol. The first-order chi connectivity index (χ1) is 11.5. The highest BCUT2D eigenvalue weighted by molar-refractivity contribution is 7.89. The number of hydrogen-bond donors (Lipinski definition) is 3. The molecule has 142 valence electrons. The third kappa shape index (κ3) is 5.85. The van der Waals surface area contributed by atoms with E-state index in [4.69, 9.17) is 4.74 Å². The lowest BCUT2D eigenvalue weighted by molar-refractivity contribution is 0.0950. The van der Waals surface area contributed by atoms with Gasteiger partial charge in [0.15, 0.2) is 0 Å². The fraction of sp³-hybridized carbons (Fsp3) is 0.562. The lowest BCUT2D eigenvalue weighted by Crippen LogP contribution is -2.33. The van der Waals surface area contributed by atoms with Gasteiger partial charge in [0.25, 0.3) is 5.91 Å². The number of piperidine rings is 1. The van der Waals surface area contributed by atoms with E-state index >= 15 is 0 Å². The fourth-order valence-corrected chi connectivity index (χ4v) is 3.72. The molecule has 0 aromatic heterocycles. The van der Waals surface area contributed by atoms with Crippen molar-refractivity contribution in [3.8, 4) is 5.75 Å². The Morgan fingerprint density at radius 3 is 2.76 bits per heavy atom. The molecular weight excluding hydrogens is 366 g/mol. The highest BCUT2D eigenvalue weighted by atomic mass is 35.5. The van der Waals surface area contributed by atoms with Crippen molar-refractivity contribution in [1.29, 1.82) is 0 Å². The van der Waals surface area contributed by atoms with Gasteiger partial charge in [-0.15, -0.1) is 12.4 Å². The number of ether oxygens (including phenoxy) is 1. The molecule has 1 aromatic carbocycles. The third-order valence-corrected chi connectivity index (χ3v) is 5.66. The minimum atomic E-state index is -3.70. The van der Waals surface area contributed by atoms with E-state index in [0.717, 1.165) is 19.5 Å². The molecule has 0 saturated carbocycles. The number of hydrogen-bond acceptors (Lipinski definition) is 5. The van der Waals surface area contributed by atoms with Crippen LogP contribution >= 0.6 is 12.4 Å². The van der Waals surface area contributed by atoms with Gasteiger partial charge in [-0.3, -0.25) is 4.79 Å². The summed E-state index contributed by atoms with van der Waals surface area (Å²) >= 11 is 0. The number of amides is 1. The van der Waals surface area contributed by atoms with Gasteiger partial charge in [0.2, 0.25) is 10.0 Å². The van der Waals surface area contributed by atoms with Gasteiger partial charge >= 0.3 is 0 Å². The van der Waals surface area contributed by atoms with Gasteiger partial charge in [-0.1, -0.05) is 0 Å². The Balaban J connectivity index is 0.00000312. The van der Waals surface area contributed by atoms with Crippen LogP contribution in [-0.2, 0) is 10.0 Å². The van der Waals surface area contributed by atoms with Gasteiger partial charge in [-0.25, -0.2) is 13.1 Å². The van der Waals surface area contributed by atoms with E-state index in [9.17, 15) is 13.2 Å². The lowest BCUT2D eigenvalue weighted by Gasteiger charge is -2.22. The van der Waals surface area contributed by atoms with E-state index in [2.05, 4.69) is 15.4 Å². The van der Waals surface area contributed by atoms with Crippen LogP contribution in [0, 0.1) is 5.92 Å². The molecule has 0 spiro atoms. The Kier molecular flexibility index (Phi) is 8.64. The van der Waals surface area contributed by atoms with Crippen LogP contribution in [0.5, 0.6) is 5.75 Å². The Labute approximate surface area is 155 Å². The van der Waals surface area contributed by atoms with Crippen LogP contribution in [0.1, 0.15) is 29.6 Å². The average Bonchev–Trinajstić information content (AvgIpc) is 2.62. The first-order valence-electron chi connectivity index (χ1n) is 8.08. The normalized spacial score (nSPS) is 17.4. The number of nitrogens with one attached hydrogen (secondary N) is 3. The third-order valence-electron chi connectivity index (χ3n) is 4.22. The van der Waals surface area contributed by atoms with Crippen molar-refractivity contribution in [1.82, 2.24) is 15.4 Å². The molecule has 0 radical (unpaired) electrons. The summed E-state index contributed by atoms with van der Waals surface area (Å²) in [4.78, 5) is 12.2. The van der Waals surface area contributed by atoms with Crippen LogP contribution in [0.25, 0.3) is 0 Å². The molecule has 1 fully saturated rings. The van der Waals surface area contributed by atoms with Gasteiger partial charge in [0.05, 0.1) is 7.11 Å². The van der Waals surface area contributed by atoms with E-state index in [-0.39, 0.29) is 29.0 Å². The summed E-state index contributed by atoms with van der Waals surface area (Å²) in [5, 5.41) is 6.21. The van der Waals surface area contributed by atoms with Crippen LogP contribution in [0.2, 0.25) is 0 Å². The summed E-state index contributed by atoms with van der Waals surface area (Å²) in [5.74, 6) is 0.498. The predicted molar refractivity (Wildman–Crippen MR) is 99.0 cm³/mol. The van der Waals surface area contributed by atoms with Gasteiger partial charge < -0.3 is 15.4 Å². The van der Waals surface area contributed by atoms with Crippen molar-refractivity contribution in [3.05, 3.63) is 23.8 Å². The summed E-state index contributed by atoms with van der Waals surface area (Å²) in [6, 6.07) is 4.39. The maximum atomic E-state index is 12.3. The first kappa shape index (κ1) is 21.7. The highest BCUT2D eigenvalue weighted by Crippen LogP contribution is 2.24. The quantitative estimate of drug-likeness (QED) is 0.647. The summed E-state index contributed by atoms with van der Waals surface area (Å²) in [7, 11) is -0.988. The second-order valence-corrected chi connectivity index (χ2v) is 7.69. The molecule has 1 aliphatic rings. The minimum absolute atomic E-state index is 0. The zero-order chi connectivity index (χ0) is 17.6. The number of sulfonamides is 1. The highest BCUT2D eigenvalue weighted by Gasteiger charge is 2.20. The fourth-order valence-electron chi connectivity index (χ4n) is 2.80. The number of benzene rings is 1. The van der Waals surface area contributed by atoms with Crippen molar-refractivity contribution in [2.75, 3.05) is 33.8 Å². The van der Waals surface area contributed by atoms with Crippen molar-refractivity contribution in [2.45, 2.75) is 24.2 Å². The maximum absolute atomic E-state index is 12.3. The smallest absolute Gasteiger partial charge is 0.251 e. The Bertz CT molecular complexity index is 676. The molecule has 0 bridgehead atoms. The van der Waals surface area contributed by atoms with Gasteiger partial charge in [0.1, 0.15) is 10.6 Å². The van der Waals surface area contributed by atoms with Crippen LogP contribution < -0.4 is 20.1 Å². The topological polar surface area (TPSA) is 96.5 Å². The first-order valence-corrected chi connectivity index (χ1v) is 9.56. The molecule has 25 heavy (non-hydrogen) atoms. The summed E-state index contributed by atoms with van der Waals surface area (Å²) in [6.45, 7) is 2.63. The van der Waals surface area contributed by atoms with Crippen molar-refractivity contribution in [2.24, 2.45) is 5.92 Å². The zero-order valence-electron chi connectivity index (χ0n) is 14.5. The number of rotatable bonds is 7. The molecule has 1 amide bonds. The van der Waals surface area contributed by atoms with Crippen molar-refractivity contribution in [3.63, 3.8) is 0 Å². The van der Waals surface area contributed by atoms with Crippen LogP contribution in [0.4, 0.5) is 0 Å². The van der Waals surface area contributed by atoms with Gasteiger partial charge in [-0.05, 0) is 63.5 Å². The SMILES string of the molecule is CNS(=O)(=O)c1cc(C(=O)NCCC2CCCNC2)ccc1OC.Cl. The number of carbonyl (C=O) groups is 1. The summed E-state index contributed by atoms with van der Waals surface area (Å²) in [5.41, 5.74) is 0.298. The lowest BCUT2D eigenvalue weighted by atomic mass is 9.96. The van der Waals surface area contributed by atoms with E-state index in [1.807, 2.05) is 0 Å². The average molecular weight is 392 g/mol. The van der Waals surface area contributed by atoms with E-state index < -0.39 is 10.0 Å². The molecule has 1 aliphatic heterocycles. The zero-order valence-corrected chi connectivity index (χ0v) is 16.1. The molecule has 1 atom stereocenters. The standard InChI is InChI=1S/C16H25N3O4S.ClH/c1-17-24(21,22)15-10-13(5-6-14(15)23-2)16(20)19-9-7-12-4-3-8-18-11-12;/h5-6,10,12,17-18H,3-4,7-9,11H2,1-2H3,(H,19,20);1H.